The van der Waals surface area contributed by atoms with Crippen molar-refractivity contribution >= 4 is 34.3 Å². The van der Waals surface area contributed by atoms with Gasteiger partial charge in [0, 0.05) is 24.5 Å². The highest BCUT2D eigenvalue weighted by atomic mass is 16.5. The summed E-state index contributed by atoms with van der Waals surface area (Å²) in [6.07, 6.45) is 3.55. The van der Waals surface area contributed by atoms with E-state index in [1.54, 1.807) is 24.3 Å². The van der Waals surface area contributed by atoms with Crippen molar-refractivity contribution in [3.05, 3.63) is 60.4 Å². The molecule has 0 spiro atoms. The molecule has 148 valence electrons. The molecule has 2 heterocycles. The van der Waals surface area contributed by atoms with Crippen molar-refractivity contribution in [1.82, 2.24) is 15.3 Å². The molecule has 1 atom stereocenters. The SMILES string of the molecule is O=C(NCC1CCCO1)Nc1ccc(NC(=O)c2cnc3ccccc3n2)cc1. The third-order valence-corrected chi connectivity index (χ3v) is 4.60. The number of aromatic nitrogens is 2. The fourth-order valence-corrected chi connectivity index (χ4v) is 3.09. The second kappa shape index (κ2) is 8.66. The summed E-state index contributed by atoms with van der Waals surface area (Å²) in [4.78, 5) is 33.0. The van der Waals surface area contributed by atoms with Crippen LogP contribution in [0.3, 0.4) is 0 Å². The average molecular weight is 391 g/mol. The smallest absolute Gasteiger partial charge is 0.319 e. The van der Waals surface area contributed by atoms with Crippen molar-refractivity contribution in [1.29, 1.82) is 0 Å². The van der Waals surface area contributed by atoms with Crippen molar-refractivity contribution in [2.24, 2.45) is 0 Å². The summed E-state index contributed by atoms with van der Waals surface area (Å²) >= 11 is 0. The van der Waals surface area contributed by atoms with Crippen molar-refractivity contribution in [3.63, 3.8) is 0 Å². The van der Waals surface area contributed by atoms with E-state index in [1.807, 2.05) is 24.3 Å². The van der Waals surface area contributed by atoms with Crippen LogP contribution in [0.15, 0.2) is 54.7 Å². The molecule has 1 aromatic heterocycles. The van der Waals surface area contributed by atoms with Crippen molar-refractivity contribution < 1.29 is 14.3 Å². The zero-order valence-electron chi connectivity index (χ0n) is 15.7. The Balaban J connectivity index is 1.32. The molecule has 0 aliphatic carbocycles. The van der Waals surface area contributed by atoms with Gasteiger partial charge in [0.2, 0.25) is 0 Å². The Bertz CT molecular complexity index is 1020. The van der Waals surface area contributed by atoms with E-state index < -0.39 is 0 Å². The van der Waals surface area contributed by atoms with E-state index in [1.165, 1.54) is 6.20 Å². The molecular weight excluding hydrogens is 370 g/mol. The highest BCUT2D eigenvalue weighted by molar-refractivity contribution is 6.03. The lowest BCUT2D eigenvalue weighted by Crippen LogP contribution is -2.35. The molecule has 29 heavy (non-hydrogen) atoms. The summed E-state index contributed by atoms with van der Waals surface area (Å²) in [7, 11) is 0. The van der Waals surface area contributed by atoms with Crippen LogP contribution in [0.25, 0.3) is 11.0 Å². The Kier molecular flexibility index (Phi) is 5.62. The first-order chi connectivity index (χ1) is 14.2. The van der Waals surface area contributed by atoms with Gasteiger partial charge in [-0.2, -0.15) is 0 Å². The van der Waals surface area contributed by atoms with Crippen molar-refractivity contribution in [2.75, 3.05) is 23.8 Å². The number of hydrogen-bond donors (Lipinski definition) is 3. The van der Waals surface area contributed by atoms with E-state index in [2.05, 4.69) is 25.9 Å². The standard InChI is InChI=1S/C21H21N5O3/c27-20(19-13-22-17-5-1-2-6-18(17)26-19)24-14-7-9-15(10-8-14)25-21(28)23-12-16-4-3-11-29-16/h1-2,5-10,13,16H,3-4,11-12H2,(H,24,27)(H2,23,25,28). The summed E-state index contributed by atoms with van der Waals surface area (Å²) in [5, 5.41) is 8.33. The van der Waals surface area contributed by atoms with Crippen molar-refractivity contribution in [3.8, 4) is 0 Å². The van der Waals surface area contributed by atoms with Crippen LogP contribution >= 0.6 is 0 Å². The molecule has 0 bridgehead atoms. The molecule has 8 heteroatoms. The predicted octanol–water partition coefficient (Wildman–Crippen LogP) is 3.18. The molecule has 1 fully saturated rings. The fraction of sp³-hybridized carbons (Fsp3) is 0.238. The maximum Gasteiger partial charge on any atom is 0.319 e. The summed E-state index contributed by atoms with van der Waals surface area (Å²) in [6.45, 7) is 1.25. The highest BCUT2D eigenvalue weighted by Gasteiger charge is 2.16. The number of carbonyl (C=O) groups excluding carboxylic acids is 2. The lowest BCUT2D eigenvalue weighted by Gasteiger charge is -2.12. The molecule has 2 aromatic carbocycles. The molecule has 3 aromatic rings. The van der Waals surface area contributed by atoms with E-state index in [0.29, 0.717) is 23.4 Å². The summed E-state index contributed by atoms with van der Waals surface area (Å²) in [5.74, 6) is -0.349. The molecule has 8 nitrogen and oxygen atoms in total. The molecule has 0 radical (unpaired) electrons. The van der Waals surface area contributed by atoms with E-state index >= 15 is 0 Å². The largest absolute Gasteiger partial charge is 0.376 e. The van der Waals surface area contributed by atoms with Crippen LogP contribution < -0.4 is 16.0 Å². The van der Waals surface area contributed by atoms with Crippen LogP contribution in [0.1, 0.15) is 23.3 Å². The van der Waals surface area contributed by atoms with Crippen LogP contribution in [-0.4, -0.2) is 41.2 Å². The number of fused-ring (bicyclic) bond motifs is 1. The second-order valence-corrected chi connectivity index (χ2v) is 6.75. The van der Waals surface area contributed by atoms with E-state index in [-0.39, 0.29) is 23.7 Å². The number of nitrogens with zero attached hydrogens (tertiary/aromatic N) is 2. The van der Waals surface area contributed by atoms with Crippen LogP contribution in [0.2, 0.25) is 0 Å². The van der Waals surface area contributed by atoms with Gasteiger partial charge in [-0.1, -0.05) is 12.1 Å². The van der Waals surface area contributed by atoms with E-state index in [4.69, 9.17) is 4.74 Å². The topological polar surface area (TPSA) is 105 Å². The van der Waals surface area contributed by atoms with Gasteiger partial charge in [-0.25, -0.2) is 9.78 Å². The Morgan fingerprint density at radius 2 is 1.72 bits per heavy atom. The second-order valence-electron chi connectivity index (χ2n) is 6.75. The number of hydrogen-bond acceptors (Lipinski definition) is 5. The Morgan fingerprint density at radius 3 is 2.45 bits per heavy atom. The van der Waals surface area contributed by atoms with Gasteiger partial charge in [-0.15, -0.1) is 0 Å². The predicted molar refractivity (Wildman–Crippen MR) is 110 cm³/mol. The first-order valence-electron chi connectivity index (χ1n) is 9.47. The number of amides is 3. The number of rotatable bonds is 5. The van der Waals surface area contributed by atoms with Crippen LogP contribution in [0.5, 0.6) is 0 Å². The quantitative estimate of drug-likeness (QED) is 0.619. The first-order valence-corrected chi connectivity index (χ1v) is 9.47. The average Bonchev–Trinajstić information content (AvgIpc) is 3.27. The van der Waals surface area contributed by atoms with E-state index in [9.17, 15) is 9.59 Å². The number of carbonyl (C=O) groups is 2. The normalized spacial score (nSPS) is 15.8. The van der Waals surface area contributed by atoms with Gasteiger partial charge in [0.05, 0.1) is 23.3 Å². The molecule has 0 saturated carbocycles. The monoisotopic (exact) mass is 391 g/mol. The molecular formula is C21H21N5O3. The van der Waals surface area contributed by atoms with Gasteiger partial charge in [-0.05, 0) is 49.2 Å². The van der Waals surface area contributed by atoms with Crippen LogP contribution in [0.4, 0.5) is 16.2 Å². The first kappa shape index (κ1) is 18.8. The minimum Gasteiger partial charge on any atom is -0.376 e. The van der Waals surface area contributed by atoms with Crippen LogP contribution in [0, 0.1) is 0 Å². The van der Waals surface area contributed by atoms with Gasteiger partial charge in [0.25, 0.3) is 5.91 Å². The van der Waals surface area contributed by atoms with Gasteiger partial charge < -0.3 is 20.7 Å². The van der Waals surface area contributed by atoms with Crippen molar-refractivity contribution in [2.45, 2.75) is 18.9 Å². The Morgan fingerprint density at radius 1 is 1.00 bits per heavy atom. The Labute approximate surface area is 167 Å². The summed E-state index contributed by atoms with van der Waals surface area (Å²) < 4.78 is 5.47. The van der Waals surface area contributed by atoms with Crippen LogP contribution in [-0.2, 0) is 4.74 Å². The molecule has 1 unspecified atom stereocenters. The summed E-state index contributed by atoms with van der Waals surface area (Å²) in [6, 6.07) is 13.9. The maximum absolute atomic E-state index is 12.4. The van der Waals surface area contributed by atoms with E-state index in [0.717, 1.165) is 25.0 Å². The number of benzene rings is 2. The minimum atomic E-state index is -0.349. The summed E-state index contributed by atoms with van der Waals surface area (Å²) in [5.41, 5.74) is 2.85. The van der Waals surface area contributed by atoms with Gasteiger partial charge in [0.15, 0.2) is 0 Å². The zero-order valence-corrected chi connectivity index (χ0v) is 15.7. The molecule has 1 saturated heterocycles. The van der Waals surface area contributed by atoms with Gasteiger partial charge in [-0.3, -0.25) is 9.78 Å². The lowest BCUT2D eigenvalue weighted by atomic mass is 10.2. The molecule has 1 aliphatic rings. The number of para-hydroxylation sites is 2. The number of anilines is 2. The minimum absolute atomic E-state index is 0.0940. The van der Waals surface area contributed by atoms with Gasteiger partial charge >= 0.3 is 6.03 Å². The molecule has 4 rings (SSSR count). The molecule has 3 amide bonds. The lowest BCUT2D eigenvalue weighted by molar-refractivity contribution is 0.102. The maximum atomic E-state index is 12.4. The highest BCUT2D eigenvalue weighted by Crippen LogP contribution is 2.15. The number of nitrogens with one attached hydrogen (secondary N) is 3. The van der Waals surface area contributed by atoms with Gasteiger partial charge in [0.1, 0.15) is 5.69 Å². The fourth-order valence-electron chi connectivity index (χ4n) is 3.09. The number of ether oxygens (including phenoxy) is 1. The third-order valence-electron chi connectivity index (χ3n) is 4.60. The molecule has 1 aliphatic heterocycles. The third kappa shape index (κ3) is 4.85. The zero-order chi connectivity index (χ0) is 20.1. The molecule has 3 N–H and O–H groups in total. The number of urea groups is 1. The Hall–Kier alpha value is -3.52.